The van der Waals surface area contributed by atoms with E-state index in [1.807, 2.05) is 13.8 Å². The van der Waals surface area contributed by atoms with E-state index < -0.39 is 33.8 Å². The summed E-state index contributed by atoms with van der Waals surface area (Å²) in [6, 6.07) is 14.6. The average molecular weight is 497 g/mol. The van der Waals surface area contributed by atoms with Crippen LogP contribution in [0, 0.1) is 27.2 Å². The lowest BCUT2D eigenvalue weighted by Gasteiger charge is -2.32. The van der Waals surface area contributed by atoms with Crippen molar-refractivity contribution in [3.63, 3.8) is 0 Å². The van der Waals surface area contributed by atoms with E-state index in [2.05, 4.69) is 5.32 Å². The van der Waals surface area contributed by atoms with Gasteiger partial charge in [-0.2, -0.15) is 0 Å². The average Bonchev–Trinajstić information content (AvgIpc) is 2.82. The lowest BCUT2D eigenvalue weighted by molar-refractivity contribution is -0.384. The maximum Gasteiger partial charge on any atom is 0.269 e. The quantitative estimate of drug-likeness (QED) is 0.327. The summed E-state index contributed by atoms with van der Waals surface area (Å²) in [5.41, 5.74) is 6.47. The van der Waals surface area contributed by atoms with Gasteiger partial charge in [0.05, 0.1) is 4.92 Å². The number of nitrogens with two attached hydrogens (primary N) is 1. The van der Waals surface area contributed by atoms with E-state index in [4.69, 9.17) is 5.73 Å². The standard InChI is InChI=1S/C26H26F2N4O4/c1-26(2,15-29)16-31(25(34)19-11-20(27)13-21(28)12-19)14-17-4-3-5-22(10-17)30-24(33)18-6-8-23(9-7-18)32(35)36/h3-13H,14-16,29H2,1-2H3,(H,30,33). The molecule has 0 heterocycles. The molecule has 3 N–H and O–H groups in total. The molecule has 36 heavy (non-hydrogen) atoms. The van der Waals surface area contributed by atoms with Gasteiger partial charge in [-0.25, -0.2) is 8.78 Å². The molecule has 0 fully saturated rings. The van der Waals surface area contributed by atoms with Gasteiger partial charge >= 0.3 is 0 Å². The van der Waals surface area contributed by atoms with Gasteiger partial charge in [-0.1, -0.05) is 26.0 Å². The molecule has 0 aromatic heterocycles. The first-order valence-corrected chi connectivity index (χ1v) is 11.1. The predicted molar refractivity (Wildman–Crippen MR) is 131 cm³/mol. The van der Waals surface area contributed by atoms with Gasteiger partial charge in [0, 0.05) is 48.1 Å². The summed E-state index contributed by atoms with van der Waals surface area (Å²) in [6.07, 6.45) is 0. The number of benzene rings is 3. The summed E-state index contributed by atoms with van der Waals surface area (Å²) in [7, 11) is 0. The molecule has 3 aromatic rings. The lowest BCUT2D eigenvalue weighted by atomic mass is 9.92. The maximum absolute atomic E-state index is 13.8. The third-order valence-electron chi connectivity index (χ3n) is 5.47. The normalized spacial score (nSPS) is 11.1. The Morgan fingerprint density at radius 3 is 2.22 bits per heavy atom. The largest absolute Gasteiger partial charge is 0.334 e. The molecule has 0 bridgehead atoms. The topological polar surface area (TPSA) is 119 Å². The van der Waals surface area contributed by atoms with Crippen molar-refractivity contribution >= 4 is 23.2 Å². The number of non-ortho nitro benzene ring substituents is 1. The summed E-state index contributed by atoms with van der Waals surface area (Å²) in [6.45, 7) is 4.35. The van der Waals surface area contributed by atoms with Crippen LogP contribution in [0.15, 0.2) is 66.7 Å². The smallest absolute Gasteiger partial charge is 0.269 e. The molecule has 3 rings (SSSR count). The van der Waals surface area contributed by atoms with Gasteiger partial charge in [0.2, 0.25) is 0 Å². The Morgan fingerprint density at radius 2 is 1.64 bits per heavy atom. The zero-order valence-electron chi connectivity index (χ0n) is 19.8. The summed E-state index contributed by atoms with van der Waals surface area (Å²) >= 11 is 0. The molecule has 2 amide bonds. The summed E-state index contributed by atoms with van der Waals surface area (Å²) < 4.78 is 27.5. The fourth-order valence-electron chi connectivity index (χ4n) is 3.55. The highest BCUT2D eigenvalue weighted by Crippen LogP contribution is 2.22. The van der Waals surface area contributed by atoms with Gasteiger partial charge < -0.3 is 16.0 Å². The number of hydrogen-bond donors (Lipinski definition) is 2. The molecule has 0 atom stereocenters. The Hall–Kier alpha value is -4.18. The molecular weight excluding hydrogens is 470 g/mol. The van der Waals surface area contributed by atoms with Crippen molar-refractivity contribution in [3.05, 3.63) is 105 Å². The van der Waals surface area contributed by atoms with E-state index in [0.29, 0.717) is 17.3 Å². The molecule has 0 aliphatic heterocycles. The molecule has 0 unspecified atom stereocenters. The van der Waals surface area contributed by atoms with Crippen LogP contribution in [0.2, 0.25) is 0 Å². The van der Waals surface area contributed by atoms with Crippen molar-refractivity contribution in [1.82, 2.24) is 4.90 Å². The number of nitro benzene ring substituents is 1. The van der Waals surface area contributed by atoms with E-state index in [1.165, 1.54) is 29.2 Å². The monoisotopic (exact) mass is 496 g/mol. The number of carbonyl (C=O) groups excluding carboxylic acids is 2. The summed E-state index contributed by atoms with van der Waals surface area (Å²) in [5.74, 6) is -2.73. The molecule has 3 aromatic carbocycles. The van der Waals surface area contributed by atoms with Crippen molar-refractivity contribution in [2.24, 2.45) is 11.1 Å². The first-order chi connectivity index (χ1) is 17.0. The number of hydrogen-bond acceptors (Lipinski definition) is 5. The Balaban J connectivity index is 1.82. The van der Waals surface area contributed by atoms with Crippen LogP contribution < -0.4 is 11.1 Å². The maximum atomic E-state index is 13.8. The molecule has 0 saturated heterocycles. The molecule has 0 aliphatic rings. The summed E-state index contributed by atoms with van der Waals surface area (Å²) in [5, 5.41) is 13.5. The molecule has 188 valence electrons. The second-order valence-electron chi connectivity index (χ2n) is 9.15. The third kappa shape index (κ3) is 6.92. The van der Waals surface area contributed by atoms with Crippen LogP contribution in [0.25, 0.3) is 0 Å². The van der Waals surface area contributed by atoms with Crippen LogP contribution in [0.4, 0.5) is 20.2 Å². The highest BCUT2D eigenvalue weighted by Gasteiger charge is 2.26. The highest BCUT2D eigenvalue weighted by atomic mass is 19.1. The van der Waals surface area contributed by atoms with Crippen molar-refractivity contribution in [1.29, 1.82) is 0 Å². The molecule has 10 heteroatoms. The van der Waals surface area contributed by atoms with E-state index in [-0.39, 0.29) is 36.4 Å². The van der Waals surface area contributed by atoms with Crippen molar-refractivity contribution < 1.29 is 23.3 Å². The second-order valence-corrected chi connectivity index (χ2v) is 9.15. The lowest BCUT2D eigenvalue weighted by Crippen LogP contribution is -2.41. The van der Waals surface area contributed by atoms with Gasteiger partial charge in [0.1, 0.15) is 11.6 Å². The first kappa shape index (κ1) is 26.4. The number of anilines is 1. The molecule has 0 aliphatic carbocycles. The van der Waals surface area contributed by atoms with Crippen molar-refractivity contribution in [3.8, 4) is 0 Å². The minimum absolute atomic E-state index is 0.0988. The first-order valence-electron chi connectivity index (χ1n) is 11.1. The number of nitrogens with one attached hydrogen (secondary N) is 1. The van der Waals surface area contributed by atoms with Crippen LogP contribution in [-0.2, 0) is 6.54 Å². The minimum atomic E-state index is -0.854. The van der Waals surface area contributed by atoms with E-state index in [1.54, 1.807) is 24.3 Å². The Morgan fingerprint density at radius 1 is 1.00 bits per heavy atom. The van der Waals surface area contributed by atoms with Gasteiger partial charge in [0.15, 0.2) is 0 Å². The van der Waals surface area contributed by atoms with Crippen LogP contribution >= 0.6 is 0 Å². The van der Waals surface area contributed by atoms with Gasteiger partial charge in [-0.3, -0.25) is 19.7 Å². The van der Waals surface area contributed by atoms with Crippen molar-refractivity contribution in [2.45, 2.75) is 20.4 Å². The van der Waals surface area contributed by atoms with E-state index in [9.17, 15) is 28.5 Å². The molecule has 0 spiro atoms. The van der Waals surface area contributed by atoms with Crippen LogP contribution in [0.5, 0.6) is 0 Å². The van der Waals surface area contributed by atoms with Crippen LogP contribution in [-0.4, -0.2) is 34.7 Å². The van der Waals surface area contributed by atoms with Crippen LogP contribution in [0.3, 0.4) is 0 Å². The molecule has 8 nitrogen and oxygen atoms in total. The SMILES string of the molecule is CC(C)(CN)CN(Cc1cccc(NC(=O)c2ccc([N+](=O)[O-])cc2)c1)C(=O)c1cc(F)cc(F)c1. The van der Waals surface area contributed by atoms with E-state index >= 15 is 0 Å². The zero-order chi connectivity index (χ0) is 26.5. The van der Waals surface area contributed by atoms with Gasteiger partial charge in [-0.15, -0.1) is 0 Å². The number of rotatable bonds is 9. The second kappa shape index (κ2) is 11.0. The minimum Gasteiger partial charge on any atom is -0.334 e. The number of nitro groups is 1. The fraction of sp³-hybridized carbons (Fsp3) is 0.231. The van der Waals surface area contributed by atoms with Crippen molar-refractivity contribution in [2.75, 3.05) is 18.4 Å². The fourth-order valence-corrected chi connectivity index (χ4v) is 3.55. The van der Waals surface area contributed by atoms with Crippen LogP contribution in [0.1, 0.15) is 40.1 Å². The predicted octanol–water partition coefficient (Wildman–Crippen LogP) is 4.75. The van der Waals surface area contributed by atoms with Gasteiger partial charge in [-0.05, 0) is 53.9 Å². The summed E-state index contributed by atoms with van der Waals surface area (Å²) in [4.78, 5) is 37.5. The highest BCUT2D eigenvalue weighted by molar-refractivity contribution is 6.04. The zero-order valence-corrected chi connectivity index (χ0v) is 19.8. The number of carbonyl (C=O) groups is 2. The third-order valence-corrected chi connectivity index (χ3v) is 5.47. The van der Waals surface area contributed by atoms with E-state index in [0.717, 1.165) is 12.1 Å². The molecular formula is C26H26F2N4O4. The Bertz CT molecular complexity index is 1260. The number of nitrogens with zero attached hydrogens (tertiary/aromatic N) is 2. The molecule has 0 saturated carbocycles. The van der Waals surface area contributed by atoms with Gasteiger partial charge in [0.25, 0.3) is 17.5 Å². The number of halogens is 2. The number of amides is 2. The molecule has 0 radical (unpaired) electrons. The Labute approximate surface area is 206 Å². The Kier molecular flexibility index (Phi) is 8.11.